The van der Waals surface area contributed by atoms with Crippen LogP contribution in [0.1, 0.15) is 58.3 Å². The number of ether oxygens (including phenoxy) is 2. The third kappa shape index (κ3) is 5.96. The fourth-order valence-corrected chi connectivity index (χ4v) is 2.96. The van der Waals surface area contributed by atoms with Gasteiger partial charge in [-0.05, 0) is 26.2 Å². The molecule has 1 rings (SSSR count). The monoisotopic (exact) mass is 356 g/mol. The molecule has 1 aliphatic carbocycles. The first kappa shape index (κ1) is 21.4. The predicted octanol–water partition coefficient (Wildman–Crippen LogP) is 3.41. The number of aliphatic hydroxyl groups is 1. The van der Waals surface area contributed by atoms with Crippen LogP contribution in [0.4, 0.5) is 4.39 Å². The summed E-state index contributed by atoms with van der Waals surface area (Å²) in [5, 5.41) is 8.61. The summed E-state index contributed by atoms with van der Waals surface area (Å²) in [6.45, 7) is 1.25. The molecule has 1 unspecified atom stereocenters. The van der Waals surface area contributed by atoms with Crippen molar-refractivity contribution in [2.75, 3.05) is 20.8 Å². The molecule has 5 nitrogen and oxygen atoms in total. The van der Waals surface area contributed by atoms with Gasteiger partial charge in [0.15, 0.2) is 0 Å². The molecule has 0 spiro atoms. The van der Waals surface area contributed by atoms with E-state index in [0.717, 1.165) is 38.5 Å². The second-order valence-electron chi connectivity index (χ2n) is 6.27. The zero-order valence-electron chi connectivity index (χ0n) is 15.4. The van der Waals surface area contributed by atoms with Crippen LogP contribution in [0.15, 0.2) is 22.7 Å². The summed E-state index contributed by atoms with van der Waals surface area (Å²) in [4.78, 5) is 24.7. The number of halogens is 1. The van der Waals surface area contributed by atoms with Crippen LogP contribution in [0.3, 0.4) is 0 Å². The molecule has 0 aromatic rings. The Kier molecular flexibility index (Phi) is 9.42. The first-order valence-corrected chi connectivity index (χ1v) is 8.84. The van der Waals surface area contributed by atoms with Gasteiger partial charge in [-0.1, -0.05) is 32.1 Å². The van der Waals surface area contributed by atoms with E-state index in [1.807, 2.05) is 0 Å². The Bertz CT molecular complexity index is 536. The molecule has 0 saturated carbocycles. The van der Waals surface area contributed by atoms with Gasteiger partial charge in [-0.2, -0.15) is 0 Å². The van der Waals surface area contributed by atoms with Crippen LogP contribution in [0.5, 0.6) is 0 Å². The van der Waals surface area contributed by atoms with Gasteiger partial charge in [-0.3, -0.25) is 9.59 Å². The molecule has 0 fully saturated rings. The van der Waals surface area contributed by atoms with Crippen molar-refractivity contribution in [1.29, 1.82) is 0 Å². The first-order valence-electron chi connectivity index (χ1n) is 8.84. The first-order chi connectivity index (χ1) is 12.0. The van der Waals surface area contributed by atoms with Crippen molar-refractivity contribution in [2.45, 2.75) is 64.5 Å². The molecule has 1 N–H and O–H groups in total. The van der Waals surface area contributed by atoms with Crippen LogP contribution in [0.2, 0.25) is 0 Å². The van der Waals surface area contributed by atoms with Crippen LogP contribution >= 0.6 is 0 Å². The van der Waals surface area contributed by atoms with Crippen molar-refractivity contribution in [3.05, 3.63) is 22.7 Å². The van der Waals surface area contributed by atoms with Gasteiger partial charge in [0.1, 0.15) is 6.17 Å². The summed E-state index contributed by atoms with van der Waals surface area (Å²) in [7, 11) is 2.71. The van der Waals surface area contributed by atoms with E-state index in [9.17, 15) is 14.0 Å². The Labute approximate surface area is 148 Å². The normalized spacial score (nSPS) is 16.5. The Morgan fingerprint density at radius 1 is 0.920 bits per heavy atom. The summed E-state index contributed by atoms with van der Waals surface area (Å²) in [6, 6.07) is 0. The Morgan fingerprint density at radius 3 is 2.00 bits per heavy atom. The van der Waals surface area contributed by atoms with Gasteiger partial charge in [-0.15, -0.1) is 0 Å². The van der Waals surface area contributed by atoms with Crippen LogP contribution in [0, 0.1) is 0 Å². The van der Waals surface area contributed by atoms with Gasteiger partial charge in [0.2, 0.25) is 23.1 Å². The molecule has 1 aliphatic rings. The number of rotatable bonds is 12. The van der Waals surface area contributed by atoms with Crippen molar-refractivity contribution >= 4 is 11.6 Å². The second kappa shape index (κ2) is 11.0. The standard InChI is InChI=1S/C19H29FO5/c1-13-15(17(23)19(25-3)18(24-2)16(13)22)11-9-7-5-4-6-8-10-14(20)12-21/h14,21H,4-12H2,1-3H3. The average molecular weight is 356 g/mol. The SMILES string of the molecule is COC1=C(OC)C(=O)C(CCCCCCCCC(F)CO)=C(C)C1=O. The summed E-state index contributed by atoms with van der Waals surface area (Å²) >= 11 is 0. The van der Waals surface area contributed by atoms with E-state index >= 15 is 0 Å². The topological polar surface area (TPSA) is 72.8 Å². The van der Waals surface area contributed by atoms with E-state index < -0.39 is 12.8 Å². The molecule has 0 radical (unpaired) electrons. The van der Waals surface area contributed by atoms with E-state index in [2.05, 4.69) is 0 Å². The quantitative estimate of drug-likeness (QED) is 0.428. The van der Waals surface area contributed by atoms with E-state index in [0.29, 0.717) is 24.0 Å². The maximum atomic E-state index is 12.8. The predicted molar refractivity (Wildman–Crippen MR) is 92.7 cm³/mol. The number of alkyl halides is 1. The van der Waals surface area contributed by atoms with Crippen molar-refractivity contribution < 1.29 is 28.6 Å². The molecule has 0 heterocycles. The average Bonchev–Trinajstić information content (AvgIpc) is 2.62. The van der Waals surface area contributed by atoms with E-state index in [-0.39, 0.29) is 23.1 Å². The number of Topliss-reactive ketones (excluding diaryl/α,β-unsaturated/α-hetero) is 2. The molecule has 0 aliphatic heterocycles. The summed E-state index contributed by atoms with van der Waals surface area (Å²) in [5.41, 5.74) is 0.937. The minimum atomic E-state index is -1.11. The molecule has 0 aromatic carbocycles. The molecule has 25 heavy (non-hydrogen) atoms. The highest BCUT2D eigenvalue weighted by atomic mass is 19.1. The zero-order valence-corrected chi connectivity index (χ0v) is 15.4. The molecule has 0 bridgehead atoms. The number of aliphatic hydroxyl groups excluding tert-OH is 1. The highest BCUT2D eigenvalue weighted by molar-refractivity contribution is 6.23. The van der Waals surface area contributed by atoms with Gasteiger partial charge < -0.3 is 14.6 Å². The van der Waals surface area contributed by atoms with Gasteiger partial charge in [0.05, 0.1) is 20.8 Å². The van der Waals surface area contributed by atoms with Gasteiger partial charge >= 0.3 is 0 Å². The van der Waals surface area contributed by atoms with Crippen LogP contribution in [-0.4, -0.2) is 43.7 Å². The fourth-order valence-electron chi connectivity index (χ4n) is 2.96. The minimum Gasteiger partial charge on any atom is -0.489 e. The fraction of sp³-hybridized carbons (Fsp3) is 0.684. The lowest BCUT2D eigenvalue weighted by Gasteiger charge is -2.20. The van der Waals surface area contributed by atoms with Crippen LogP contribution in [0.25, 0.3) is 0 Å². The Hall–Kier alpha value is -1.69. The van der Waals surface area contributed by atoms with Crippen molar-refractivity contribution in [1.82, 2.24) is 0 Å². The molecular weight excluding hydrogens is 327 g/mol. The molecule has 6 heteroatoms. The number of ketones is 2. The number of carbonyl (C=O) groups excluding carboxylic acids is 2. The van der Waals surface area contributed by atoms with Gasteiger partial charge in [0, 0.05) is 11.1 Å². The summed E-state index contributed by atoms with van der Waals surface area (Å²) < 4.78 is 22.9. The lowest BCUT2D eigenvalue weighted by atomic mass is 9.89. The van der Waals surface area contributed by atoms with E-state index in [4.69, 9.17) is 14.6 Å². The molecule has 142 valence electrons. The number of methoxy groups -OCH3 is 2. The van der Waals surface area contributed by atoms with Gasteiger partial charge in [-0.25, -0.2) is 4.39 Å². The number of carbonyl (C=O) groups is 2. The second-order valence-corrected chi connectivity index (χ2v) is 6.27. The zero-order chi connectivity index (χ0) is 18.8. The number of hydrogen-bond acceptors (Lipinski definition) is 5. The Morgan fingerprint density at radius 2 is 1.44 bits per heavy atom. The molecule has 0 aromatic heterocycles. The smallest absolute Gasteiger partial charge is 0.228 e. The number of hydrogen-bond donors (Lipinski definition) is 1. The largest absolute Gasteiger partial charge is 0.489 e. The third-order valence-electron chi connectivity index (χ3n) is 4.49. The number of unbranched alkanes of at least 4 members (excludes halogenated alkanes) is 5. The summed E-state index contributed by atoms with van der Waals surface area (Å²) in [6.07, 6.45) is 5.32. The highest BCUT2D eigenvalue weighted by Crippen LogP contribution is 2.28. The highest BCUT2D eigenvalue weighted by Gasteiger charge is 2.34. The summed E-state index contributed by atoms with van der Waals surface area (Å²) in [5.74, 6) is -0.603. The number of allylic oxidation sites excluding steroid dienone is 2. The van der Waals surface area contributed by atoms with Crippen molar-refractivity contribution in [3.8, 4) is 0 Å². The van der Waals surface area contributed by atoms with E-state index in [1.165, 1.54) is 14.2 Å². The molecule has 0 saturated heterocycles. The lowest BCUT2D eigenvalue weighted by molar-refractivity contribution is -0.121. The van der Waals surface area contributed by atoms with Crippen LogP contribution < -0.4 is 0 Å². The third-order valence-corrected chi connectivity index (χ3v) is 4.49. The Balaban J connectivity index is 2.39. The minimum absolute atomic E-state index is 0.0160. The molecular formula is C19H29FO5. The van der Waals surface area contributed by atoms with Crippen LogP contribution in [-0.2, 0) is 19.1 Å². The van der Waals surface area contributed by atoms with Gasteiger partial charge in [0.25, 0.3) is 0 Å². The van der Waals surface area contributed by atoms with Crippen molar-refractivity contribution in [2.24, 2.45) is 0 Å². The lowest BCUT2D eigenvalue weighted by Crippen LogP contribution is -2.25. The maximum absolute atomic E-state index is 12.8. The van der Waals surface area contributed by atoms with E-state index in [1.54, 1.807) is 6.92 Å². The van der Waals surface area contributed by atoms with Crippen molar-refractivity contribution in [3.63, 3.8) is 0 Å². The molecule has 1 atom stereocenters. The maximum Gasteiger partial charge on any atom is 0.228 e. The molecule has 0 amide bonds.